The summed E-state index contributed by atoms with van der Waals surface area (Å²) in [5.74, 6) is 1.80. The maximum Gasteiger partial charge on any atom is 0.121 e. The Balaban J connectivity index is 0.000000181. The van der Waals surface area contributed by atoms with Crippen molar-refractivity contribution in [1.29, 1.82) is 0 Å². The van der Waals surface area contributed by atoms with Crippen LogP contribution in [0.25, 0.3) is 72.4 Å². The minimum Gasteiger partial charge on any atom is -0.501 e. The van der Waals surface area contributed by atoms with Crippen LogP contribution in [0.3, 0.4) is 0 Å². The van der Waals surface area contributed by atoms with Gasteiger partial charge < -0.3 is 14.0 Å². The van der Waals surface area contributed by atoms with Crippen LogP contribution in [0, 0.1) is 17.5 Å². The molecule has 0 N–H and O–H groups in total. The number of fused-ring (bicyclic) bond motifs is 4. The first-order valence-corrected chi connectivity index (χ1v) is 19.8. The first-order chi connectivity index (χ1) is 28.3. The third-order valence-electron chi connectivity index (χ3n) is 10.2. The molecule has 3 heterocycles. The molecule has 0 aliphatic carbocycles. The minimum absolute atomic E-state index is 0. The quantitative estimate of drug-likeness (QED) is 0.150. The average molecular weight is 938 g/mol. The van der Waals surface area contributed by atoms with Crippen LogP contribution in [0.15, 0.2) is 150 Å². The number of imidazole rings is 1. The van der Waals surface area contributed by atoms with E-state index in [1.54, 1.807) is 12.3 Å². The SMILES string of the molecule is CC(C)c1cccc(C(C)C)c1-n1c(-c2[c-]cccc2)nc2ccccc21.[2H]C([2H])(c1ccnc(-c2[c-]ccc3c2oc2cc(-c4ccccc4)ccc23)c1)C(C)(C)C.[Ir]. The fraction of sp³-hybridized carbons (Fsp3) is 0.208. The van der Waals surface area contributed by atoms with Crippen molar-refractivity contribution in [2.45, 2.75) is 66.7 Å². The van der Waals surface area contributed by atoms with Crippen molar-refractivity contribution in [3.8, 4) is 39.5 Å². The van der Waals surface area contributed by atoms with Crippen LogP contribution in [0.2, 0.25) is 0 Å². The molecule has 0 aliphatic heterocycles. The zero-order valence-corrected chi connectivity index (χ0v) is 36.5. The number of hydrogen-bond acceptors (Lipinski definition) is 3. The monoisotopic (exact) mass is 938 g/mol. The molecule has 0 spiro atoms. The average Bonchev–Trinajstić information content (AvgIpc) is 3.82. The van der Waals surface area contributed by atoms with E-state index in [4.69, 9.17) is 12.1 Å². The van der Waals surface area contributed by atoms with Crippen LogP contribution in [0.5, 0.6) is 0 Å². The smallest absolute Gasteiger partial charge is 0.121 e. The van der Waals surface area contributed by atoms with Crippen LogP contribution in [0.1, 0.15) is 79.7 Å². The third kappa shape index (κ3) is 8.34. The number of aromatic nitrogens is 3. The number of nitrogens with zero attached hydrogens (tertiary/aromatic N) is 3. The zero-order chi connectivity index (χ0) is 41.5. The van der Waals surface area contributed by atoms with Gasteiger partial charge in [-0.3, -0.25) is 4.98 Å². The van der Waals surface area contributed by atoms with Crippen molar-refractivity contribution in [2.24, 2.45) is 5.41 Å². The molecule has 0 unspecified atom stereocenters. The molecule has 0 saturated heterocycles. The summed E-state index contributed by atoms with van der Waals surface area (Å²) in [6.45, 7) is 14.8. The molecule has 1 radical (unpaired) electrons. The fourth-order valence-electron chi connectivity index (χ4n) is 7.56. The molecule has 0 aliphatic rings. The van der Waals surface area contributed by atoms with Crippen LogP contribution in [0.4, 0.5) is 0 Å². The van der Waals surface area contributed by atoms with Crippen molar-refractivity contribution in [2.75, 3.05) is 0 Å². The molecule has 58 heavy (non-hydrogen) atoms. The van der Waals surface area contributed by atoms with E-state index in [1.807, 2.05) is 75.4 Å². The van der Waals surface area contributed by atoms with E-state index in [1.165, 1.54) is 16.8 Å². The summed E-state index contributed by atoms with van der Waals surface area (Å²) in [5, 5.41) is 2.04. The van der Waals surface area contributed by atoms with Crippen molar-refractivity contribution < 1.29 is 27.3 Å². The molecular weight excluding hydrogens is 887 g/mol. The van der Waals surface area contributed by atoms with E-state index in [2.05, 4.69) is 128 Å². The van der Waals surface area contributed by atoms with Gasteiger partial charge in [0.15, 0.2) is 0 Å². The Morgan fingerprint density at radius 2 is 1.43 bits per heavy atom. The van der Waals surface area contributed by atoms with Gasteiger partial charge in [-0.15, -0.1) is 54.1 Å². The molecule has 9 rings (SSSR count). The number of rotatable bonds is 7. The fourth-order valence-corrected chi connectivity index (χ4v) is 7.56. The van der Waals surface area contributed by atoms with Gasteiger partial charge in [-0.05, 0) is 75.8 Å². The van der Waals surface area contributed by atoms with E-state index in [0.29, 0.717) is 28.7 Å². The van der Waals surface area contributed by atoms with Crippen LogP contribution in [-0.4, -0.2) is 14.5 Å². The van der Waals surface area contributed by atoms with E-state index >= 15 is 0 Å². The number of furan rings is 1. The Labute approximate surface area is 359 Å². The molecule has 0 amide bonds. The molecule has 4 nitrogen and oxygen atoms in total. The topological polar surface area (TPSA) is 43.9 Å². The molecule has 6 aromatic carbocycles. The van der Waals surface area contributed by atoms with E-state index in [0.717, 1.165) is 55.5 Å². The first-order valence-electron chi connectivity index (χ1n) is 20.8. The van der Waals surface area contributed by atoms with Gasteiger partial charge in [0.25, 0.3) is 0 Å². The predicted octanol–water partition coefficient (Wildman–Crippen LogP) is 14.4. The van der Waals surface area contributed by atoms with Crippen molar-refractivity contribution in [3.05, 3.63) is 175 Å². The molecule has 3 aromatic heterocycles. The van der Waals surface area contributed by atoms with E-state index < -0.39 is 11.8 Å². The largest absolute Gasteiger partial charge is 0.501 e. The summed E-state index contributed by atoms with van der Waals surface area (Å²) in [6, 6.07) is 53.8. The summed E-state index contributed by atoms with van der Waals surface area (Å²) in [6.07, 6.45) is 0.161. The van der Waals surface area contributed by atoms with E-state index in [-0.39, 0.29) is 20.1 Å². The molecule has 0 bridgehead atoms. The van der Waals surface area contributed by atoms with Crippen LogP contribution in [-0.2, 0) is 26.5 Å². The van der Waals surface area contributed by atoms with Crippen molar-refractivity contribution >= 4 is 33.0 Å². The predicted molar refractivity (Wildman–Crippen MR) is 238 cm³/mol. The third-order valence-corrected chi connectivity index (χ3v) is 10.2. The second-order valence-electron chi connectivity index (χ2n) is 16.2. The normalized spacial score (nSPS) is 12.4. The van der Waals surface area contributed by atoms with Gasteiger partial charge in [0, 0.05) is 40.1 Å². The van der Waals surface area contributed by atoms with Gasteiger partial charge >= 0.3 is 0 Å². The Morgan fingerprint density at radius 3 is 2.14 bits per heavy atom. The summed E-state index contributed by atoms with van der Waals surface area (Å²) >= 11 is 0. The summed E-state index contributed by atoms with van der Waals surface area (Å²) in [4.78, 5) is 9.52. The maximum atomic E-state index is 8.64. The molecular formula is C53H49IrN3O-2. The van der Waals surface area contributed by atoms with Gasteiger partial charge in [-0.25, -0.2) is 0 Å². The number of pyridine rings is 1. The molecule has 0 fully saturated rings. The molecule has 5 heteroatoms. The summed E-state index contributed by atoms with van der Waals surface area (Å²) in [7, 11) is 0. The minimum atomic E-state index is -1.50. The van der Waals surface area contributed by atoms with Crippen molar-refractivity contribution in [3.63, 3.8) is 0 Å². The second kappa shape index (κ2) is 17.1. The first kappa shape index (κ1) is 37.9. The van der Waals surface area contributed by atoms with Crippen LogP contribution < -0.4 is 0 Å². The van der Waals surface area contributed by atoms with Crippen LogP contribution >= 0.6 is 0 Å². The second-order valence-corrected chi connectivity index (χ2v) is 16.2. The summed E-state index contributed by atoms with van der Waals surface area (Å²) in [5.41, 5.74) is 12.3. The van der Waals surface area contributed by atoms with Gasteiger partial charge in [-0.1, -0.05) is 144 Å². The Bertz CT molecular complexity index is 2880. The van der Waals surface area contributed by atoms with Gasteiger partial charge in [0.2, 0.25) is 0 Å². The maximum absolute atomic E-state index is 8.64. The van der Waals surface area contributed by atoms with Crippen molar-refractivity contribution in [1.82, 2.24) is 14.5 Å². The number of para-hydroxylation sites is 3. The molecule has 0 saturated carbocycles. The standard InChI is InChI=1S/C28H24NO.C25H25N2.Ir/c1-28(2,3)18-19-14-15-29-25(16-19)24-11-7-10-23-22-13-12-21(17-26(22)30-27(23)24)20-8-5-4-6-9-20;1-17(2)20-13-10-14-21(18(3)4)24(20)27-23-16-9-8-15-22(23)26-25(27)19-11-6-5-7-12-19;/h4-10,12-17H,18H2,1-3H3;5-11,13-18H,1-4H3;/q2*-1;/i18D2;;. The Kier molecular flexibility index (Phi) is 11.2. The van der Waals surface area contributed by atoms with Gasteiger partial charge in [-0.2, -0.15) is 0 Å². The van der Waals surface area contributed by atoms with Gasteiger partial charge in [0.1, 0.15) is 5.58 Å². The zero-order valence-electron chi connectivity index (χ0n) is 36.1. The van der Waals surface area contributed by atoms with E-state index in [9.17, 15) is 0 Å². The molecule has 0 atom stereocenters. The Morgan fingerprint density at radius 1 is 0.707 bits per heavy atom. The number of benzene rings is 6. The molecule has 293 valence electrons. The van der Waals surface area contributed by atoms with Gasteiger partial charge in [0.05, 0.1) is 22.4 Å². The summed E-state index contributed by atoms with van der Waals surface area (Å²) < 4.78 is 25.9. The number of hydrogen-bond donors (Lipinski definition) is 0. The Hall–Kier alpha value is -5.61. The molecule has 9 aromatic rings.